The molecular formula is C9H16ClNOS. The van der Waals surface area contributed by atoms with Gasteiger partial charge in [-0.2, -0.15) is 11.8 Å². The van der Waals surface area contributed by atoms with Crippen LogP contribution >= 0.6 is 23.4 Å². The number of amides is 1. The molecule has 0 spiro atoms. The third-order valence-corrected chi connectivity index (χ3v) is 4.26. The minimum atomic E-state index is -0.418. The highest BCUT2D eigenvalue weighted by Gasteiger charge is 2.36. The highest BCUT2D eigenvalue weighted by Crippen LogP contribution is 2.42. The molecule has 1 fully saturated rings. The molecule has 0 bridgehead atoms. The Morgan fingerprint density at radius 2 is 2.31 bits per heavy atom. The number of hydrogen-bond acceptors (Lipinski definition) is 2. The van der Waals surface area contributed by atoms with E-state index < -0.39 is 5.38 Å². The third kappa shape index (κ3) is 2.78. The van der Waals surface area contributed by atoms with Crippen LogP contribution in [-0.4, -0.2) is 28.8 Å². The van der Waals surface area contributed by atoms with Crippen LogP contribution in [0.3, 0.4) is 0 Å². The Bertz CT molecular complexity index is 187. The highest BCUT2D eigenvalue weighted by molar-refractivity contribution is 8.00. The van der Waals surface area contributed by atoms with E-state index in [1.165, 1.54) is 19.3 Å². The van der Waals surface area contributed by atoms with Crippen LogP contribution in [0, 0.1) is 0 Å². The van der Waals surface area contributed by atoms with E-state index in [9.17, 15) is 4.79 Å². The summed E-state index contributed by atoms with van der Waals surface area (Å²) in [5, 5.41) is 2.47. The summed E-state index contributed by atoms with van der Waals surface area (Å²) in [4.78, 5) is 11.2. The molecule has 4 heteroatoms. The fraction of sp³-hybridized carbons (Fsp3) is 0.889. The zero-order valence-electron chi connectivity index (χ0n) is 8.10. The Balaban J connectivity index is 2.28. The van der Waals surface area contributed by atoms with Gasteiger partial charge in [-0.25, -0.2) is 0 Å². The van der Waals surface area contributed by atoms with Gasteiger partial charge < -0.3 is 5.32 Å². The van der Waals surface area contributed by atoms with Crippen molar-refractivity contribution in [3.63, 3.8) is 0 Å². The topological polar surface area (TPSA) is 29.1 Å². The summed E-state index contributed by atoms with van der Waals surface area (Å²) in [7, 11) is 0. The molecule has 2 nitrogen and oxygen atoms in total. The molecule has 0 heterocycles. The van der Waals surface area contributed by atoms with E-state index in [1.807, 2.05) is 11.8 Å². The normalized spacial score (nSPS) is 21.8. The quantitative estimate of drug-likeness (QED) is 0.736. The lowest BCUT2D eigenvalue weighted by Gasteiger charge is -2.40. The molecule has 0 aliphatic heterocycles. The van der Waals surface area contributed by atoms with Crippen molar-refractivity contribution in [1.29, 1.82) is 0 Å². The van der Waals surface area contributed by atoms with Gasteiger partial charge in [0.15, 0.2) is 0 Å². The van der Waals surface area contributed by atoms with Gasteiger partial charge in [-0.3, -0.25) is 4.79 Å². The minimum Gasteiger partial charge on any atom is -0.353 e. The van der Waals surface area contributed by atoms with Gasteiger partial charge in [-0.1, -0.05) is 6.42 Å². The van der Waals surface area contributed by atoms with Crippen molar-refractivity contribution < 1.29 is 4.79 Å². The lowest BCUT2D eigenvalue weighted by Crippen LogP contribution is -2.46. The molecule has 1 N–H and O–H groups in total. The van der Waals surface area contributed by atoms with Gasteiger partial charge in [0.1, 0.15) is 5.38 Å². The Morgan fingerprint density at radius 1 is 1.69 bits per heavy atom. The largest absolute Gasteiger partial charge is 0.353 e. The molecule has 1 saturated carbocycles. The second kappa shape index (κ2) is 4.56. The van der Waals surface area contributed by atoms with Crippen LogP contribution in [-0.2, 0) is 4.79 Å². The first kappa shape index (κ1) is 11.2. The molecule has 0 radical (unpaired) electrons. The monoisotopic (exact) mass is 221 g/mol. The summed E-state index contributed by atoms with van der Waals surface area (Å²) < 4.78 is 0.307. The van der Waals surface area contributed by atoms with Gasteiger partial charge in [0.25, 0.3) is 0 Å². The van der Waals surface area contributed by atoms with E-state index in [-0.39, 0.29) is 5.91 Å². The second-order valence-corrected chi connectivity index (χ2v) is 5.50. The second-order valence-electron chi connectivity index (χ2n) is 3.57. The third-order valence-electron chi connectivity index (χ3n) is 2.64. The van der Waals surface area contributed by atoms with Crippen LogP contribution < -0.4 is 5.32 Å². The van der Waals surface area contributed by atoms with Crippen LogP contribution in [0.1, 0.15) is 26.2 Å². The molecule has 76 valence electrons. The first-order chi connectivity index (χ1) is 6.09. The maximum atomic E-state index is 11.2. The minimum absolute atomic E-state index is 0.0537. The first-order valence-electron chi connectivity index (χ1n) is 4.56. The molecule has 1 unspecified atom stereocenters. The molecule has 1 aliphatic carbocycles. The van der Waals surface area contributed by atoms with Gasteiger partial charge in [0, 0.05) is 11.3 Å². The highest BCUT2D eigenvalue weighted by atomic mass is 35.5. The predicted molar refractivity (Wildman–Crippen MR) is 58.4 cm³/mol. The van der Waals surface area contributed by atoms with Gasteiger partial charge in [0.2, 0.25) is 5.91 Å². The first-order valence-corrected chi connectivity index (χ1v) is 6.23. The SMILES string of the molecule is CSC1(CNC(=O)C(C)Cl)CCC1. The molecule has 1 atom stereocenters. The maximum absolute atomic E-state index is 11.2. The summed E-state index contributed by atoms with van der Waals surface area (Å²) in [6.07, 6.45) is 5.82. The predicted octanol–water partition coefficient (Wildman–Crippen LogP) is 2.02. The smallest absolute Gasteiger partial charge is 0.237 e. The number of rotatable bonds is 4. The number of carbonyl (C=O) groups is 1. The number of halogens is 1. The molecule has 1 amide bonds. The summed E-state index contributed by atoms with van der Waals surface area (Å²) in [5.74, 6) is -0.0537. The molecule has 0 aromatic rings. The maximum Gasteiger partial charge on any atom is 0.237 e. The van der Waals surface area contributed by atoms with Crippen LogP contribution in [0.25, 0.3) is 0 Å². The van der Waals surface area contributed by atoms with Crippen LogP contribution in [0.5, 0.6) is 0 Å². The van der Waals surface area contributed by atoms with E-state index in [4.69, 9.17) is 11.6 Å². The van der Waals surface area contributed by atoms with Crippen molar-refractivity contribution in [1.82, 2.24) is 5.32 Å². The molecule has 0 aromatic heterocycles. The van der Waals surface area contributed by atoms with Crippen molar-refractivity contribution in [2.75, 3.05) is 12.8 Å². The molecule has 0 saturated heterocycles. The fourth-order valence-electron chi connectivity index (χ4n) is 1.41. The number of alkyl halides is 1. The number of hydrogen-bond donors (Lipinski definition) is 1. The van der Waals surface area contributed by atoms with E-state index >= 15 is 0 Å². The van der Waals surface area contributed by atoms with Crippen LogP contribution in [0.15, 0.2) is 0 Å². The Kier molecular flexibility index (Phi) is 3.92. The zero-order chi connectivity index (χ0) is 9.90. The van der Waals surface area contributed by atoms with Crippen molar-refractivity contribution >= 4 is 29.3 Å². The molecule has 1 aliphatic rings. The number of carbonyl (C=O) groups excluding carboxylic acids is 1. The number of thioether (sulfide) groups is 1. The Labute approximate surface area is 88.8 Å². The molecular weight excluding hydrogens is 206 g/mol. The van der Waals surface area contributed by atoms with Gasteiger partial charge >= 0.3 is 0 Å². The molecule has 0 aromatic carbocycles. The standard InChI is InChI=1S/C9H16ClNOS/c1-7(10)8(12)11-6-9(13-2)4-3-5-9/h7H,3-6H2,1-2H3,(H,11,12). The molecule has 13 heavy (non-hydrogen) atoms. The van der Waals surface area contributed by atoms with Crippen LogP contribution in [0.2, 0.25) is 0 Å². The van der Waals surface area contributed by atoms with E-state index in [2.05, 4.69) is 11.6 Å². The van der Waals surface area contributed by atoms with E-state index in [1.54, 1.807) is 6.92 Å². The van der Waals surface area contributed by atoms with Crippen molar-refractivity contribution in [3.8, 4) is 0 Å². The number of nitrogens with one attached hydrogen (secondary N) is 1. The van der Waals surface area contributed by atoms with E-state index in [0.717, 1.165) is 6.54 Å². The Hall–Kier alpha value is 0.110. The lowest BCUT2D eigenvalue weighted by atomic mass is 9.84. The summed E-state index contributed by atoms with van der Waals surface area (Å²) in [6, 6.07) is 0. The summed E-state index contributed by atoms with van der Waals surface area (Å²) in [5.41, 5.74) is 0. The molecule has 1 rings (SSSR count). The van der Waals surface area contributed by atoms with Gasteiger partial charge in [-0.15, -0.1) is 11.6 Å². The van der Waals surface area contributed by atoms with Crippen molar-refractivity contribution in [3.05, 3.63) is 0 Å². The average molecular weight is 222 g/mol. The van der Waals surface area contributed by atoms with Gasteiger partial charge in [0.05, 0.1) is 0 Å². The fourth-order valence-corrected chi connectivity index (χ4v) is 2.40. The summed E-state index contributed by atoms with van der Waals surface area (Å²) in [6.45, 7) is 2.47. The van der Waals surface area contributed by atoms with Crippen molar-refractivity contribution in [2.24, 2.45) is 0 Å². The van der Waals surface area contributed by atoms with Crippen LogP contribution in [0.4, 0.5) is 0 Å². The summed E-state index contributed by atoms with van der Waals surface area (Å²) >= 11 is 7.50. The Morgan fingerprint density at radius 3 is 2.62 bits per heavy atom. The van der Waals surface area contributed by atoms with Gasteiger partial charge in [-0.05, 0) is 26.0 Å². The average Bonchev–Trinajstić information content (AvgIpc) is 2.02. The van der Waals surface area contributed by atoms with Crippen molar-refractivity contribution in [2.45, 2.75) is 36.3 Å². The zero-order valence-corrected chi connectivity index (χ0v) is 9.67. The van der Waals surface area contributed by atoms with E-state index in [0.29, 0.717) is 4.75 Å². The lowest BCUT2D eigenvalue weighted by molar-refractivity contribution is -0.120.